The van der Waals surface area contributed by atoms with E-state index in [1.165, 1.54) is 6.42 Å². The van der Waals surface area contributed by atoms with Crippen LogP contribution in [0.3, 0.4) is 0 Å². The Hall–Kier alpha value is -0.570. The zero-order valence-corrected chi connectivity index (χ0v) is 11.3. The van der Waals surface area contributed by atoms with Crippen LogP contribution in [0.4, 0.5) is 0 Å². The number of amides is 1. The number of likely N-dealkylation sites (N-methyl/N-ethyl adjacent to an activating group) is 1. The summed E-state index contributed by atoms with van der Waals surface area (Å²) >= 11 is 0. The van der Waals surface area contributed by atoms with E-state index in [4.69, 9.17) is 0 Å². The van der Waals surface area contributed by atoms with Crippen molar-refractivity contribution >= 4 is 5.91 Å². The Bertz CT molecular complexity index is 246. The number of carbonyl (C=O) groups is 1. The SMILES string of the molecule is CCN(CC)C(=O)C(C)NCC1CC1(C)C. The standard InChI is InChI=1S/C13H26N2O/c1-6-15(7-2)12(16)10(3)14-9-11-8-13(11,4)5/h10-11,14H,6-9H2,1-5H3. The summed E-state index contributed by atoms with van der Waals surface area (Å²) in [5, 5.41) is 3.36. The summed E-state index contributed by atoms with van der Waals surface area (Å²) in [6.45, 7) is 13.2. The van der Waals surface area contributed by atoms with Gasteiger partial charge in [0.1, 0.15) is 0 Å². The Morgan fingerprint density at radius 2 is 1.94 bits per heavy atom. The molecule has 16 heavy (non-hydrogen) atoms. The van der Waals surface area contributed by atoms with E-state index in [2.05, 4.69) is 19.2 Å². The molecule has 0 aromatic rings. The number of rotatable bonds is 6. The summed E-state index contributed by atoms with van der Waals surface area (Å²) in [7, 11) is 0. The zero-order valence-electron chi connectivity index (χ0n) is 11.3. The molecule has 2 unspecified atom stereocenters. The van der Waals surface area contributed by atoms with E-state index in [1.54, 1.807) is 0 Å². The topological polar surface area (TPSA) is 32.3 Å². The van der Waals surface area contributed by atoms with Crippen LogP contribution in [0.5, 0.6) is 0 Å². The van der Waals surface area contributed by atoms with Gasteiger partial charge >= 0.3 is 0 Å². The summed E-state index contributed by atoms with van der Waals surface area (Å²) in [6.07, 6.45) is 1.28. The van der Waals surface area contributed by atoms with Crippen LogP contribution in [-0.2, 0) is 4.79 Å². The molecule has 3 nitrogen and oxygen atoms in total. The first kappa shape index (κ1) is 13.5. The second-order valence-corrected chi connectivity index (χ2v) is 5.53. The average molecular weight is 226 g/mol. The van der Waals surface area contributed by atoms with Gasteiger partial charge in [-0.25, -0.2) is 0 Å². The number of carbonyl (C=O) groups excluding carboxylic acids is 1. The summed E-state index contributed by atoms with van der Waals surface area (Å²) < 4.78 is 0. The maximum absolute atomic E-state index is 12.0. The lowest BCUT2D eigenvalue weighted by Gasteiger charge is -2.23. The minimum Gasteiger partial charge on any atom is -0.342 e. The first-order chi connectivity index (χ1) is 7.42. The molecule has 0 bridgehead atoms. The summed E-state index contributed by atoms with van der Waals surface area (Å²) in [6, 6.07) is -0.0451. The fraction of sp³-hybridized carbons (Fsp3) is 0.923. The third kappa shape index (κ3) is 3.21. The molecule has 94 valence electrons. The summed E-state index contributed by atoms with van der Waals surface area (Å²) in [5.41, 5.74) is 0.491. The molecule has 1 rings (SSSR count). The second kappa shape index (κ2) is 5.17. The van der Waals surface area contributed by atoms with Crippen LogP contribution < -0.4 is 5.32 Å². The Labute approximate surface area is 99.6 Å². The monoisotopic (exact) mass is 226 g/mol. The Balaban J connectivity index is 2.29. The molecule has 1 aliphatic carbocycles. The van der Waals surface area contributed by atoms with Crippen LogP contribution in [0.2, 0.25) is 0 Å². The van der Waals surface area contributed by atoms with Crippen LogP contribution in [-0.4, -0.2) is 36.5 Å². The van der Waals surface area contributed by atoms with Gasteiger partial charge in [-0.15, -0.1) is 0 Å². The lowest BCUT2D eigenvalue weighted by molar-refractivity contribution is -0.132. The number of nitrogens with zero attached hydrogens (tertiary/aromatic N) is 1. The molecule has 0 aromatic heterocycles. The molecule has 0 saturated heterocycles. The van der Waals surface area contributed by atoms with Crippen molar-refractivity contribution in [2.24, 2.45) is 11.3 Å². The van der Waals surface area contributed by atoms with Crippen molar-refractivity contribution in [3.05, 3.63) is 0 Å². The molecule has 0 aliphatic heterocycles. The molecular formula is C13H26N2O. The van der Waals surface area contributed by atoms with Crippen molar-refractivity contribution in [3.8, 4) is 0 Å². The van der Waals surface area contributed by atoms with Crippen LogP contribution >= 0.6 is 0 Å². The van der Waals surface area contributed by atoms with Gasteiger partial charge in [0.05, 0.1) is 6.04 Å². The number of hydrogen-bond acceptors (Lipinski definition) is 2. The van der Waals surface area contributed by atoms with E-state index in [9.17, 15) is 4.79 Å². The minimum absolute atomic E-state index is 0.0451. The smallest absolute Gasteiger partial charge is 0.239 e. The zero-order chi connectivity index (χ0) is 12.3. The predicted octanol–water partition coefficient (Wildman–Crippen LogP) is 1.88. The predicted molar refractivity (Wildman–Crippen MR) is 67.3 cm³/mol. The third-order valence-corrected chi connectivity index (χ3v) is 3.83. The first-order valence-electron chi connectivity index (χ1n) is 6.44. The maximum Gasteiger partial charge on any atom is 0.239 e. The van der Waals surface area contributed by atoms with Crippen LogP contribution in [0.15, 0.2) is 0 Å². The van der Waals surface area contributed by atoms with Crippen molar-refractivity contribution in [3.63, 3.8) is 0 Å². The number of hydrogen-bond donors (Lipinski definition) is 1. The van der Waals surface area contributed by atoms with Gasteiger partial charge in [-0.05, 0) is 45.1 Å². The van der Waals surface area contributed by atoms with Gasteiger partial charge in [-0.1, -0.05) is 13.8 Å². The lowest BCUT2D eigenvalue weighted by atomic mass is 10.1. The van der Waals surface area contributed by atoms with E-state index < -0.39 is 0 Å². The van der Waals surface area contributed by atoms with Gasteiger partial charge in [-0.2, -0.15) is 0 Å². The highest BCUT2D eigenvalue weighted by Gasteiger charge is 2.45. The van der Waals surface area contributed by atoms with Gasteiger partial charge in [-0.3, -0.25) is 4.79 Å². The first-order valence-corrected chi connectivity index (χ1v) is 6.44. The molecule has 0 heterocycles. The molecule has 0 radical (unpaired) electrons. The molecular weight excluding hydrogens is 200 g/mol. The van der Waals surface area contributed by atoms with Gasteiger partial charge in [0.25, 0.3) is 0 Å². The Morgan fingerprint density at radius 3 is 2.31 bits per heavy atom. The van der Waals surface area contributed by atoms with Crippen LogP contribution in [0.25, 0.3) is 0 Å². The summed E-state index contributed by atoms with van der Waals surface area (Å²) in [5.74, 6) is 0.975. The minimum atomic E-state index is -0.0451. The maximum atomic E-state index is 12.0. The highest BCUT2D eigenvalue weighted by molar-refractivity contribution is 5.81. The average Bonchev–Trinajstić information content (AvgIpc) is 2.84. The van der Waals surface area contributed by atoms with Crippen molar-refractivity contribution < 1.29 is 4.79 Å². The largest absolute Gasteiger partial charge is 0.342 e. The molecule has 0 aromatic carbocycles. The van der Waals surface area contributed by atoms with Gasteiger partial charge < -0.3 is 10.2 Å². The van der Waals surface area contributed by atoms with Crippen molar-refractivity contribution in [1.82, 2.24) is 10.2 Å². The number of nitrogens with one attached hydrogen (secondary N) is 1. The second-order valence-electron chi connectivity index (χ2n) is 5.53. The quantitative estimate of drug-likeness (QED) is 0.750. The van der Waals surface area contributed by atoms with E-state index in [0.29, 0.717) is 5.41 Å². The van der Waals surface area contributed by atoms with E-state index >= 15 is 0 Å². The fourth-order valence-electron chi connectivity index (χ4n) is 2.14. The highest BCUT2D eigenvalue weighted by Crippen LogP contribution is 2.50. The fourth-order valence-corrected chi connectivity index (χ4v) is 2.14. The van der Waals surface area contributed by atoms with Crippen molar-refractivity contribution in [2.75, 3.05) is 19.6 Å². The Morgan fingerprint density at radius 1 is 1.44 bits per heavy atom. The van der Waals surface area contributed by atoms with E-state index in [1.807, 2.05) is 25.7 Å². The summed E-state index contributed by atoms with van der Waals surface area (Å²) in [4.78, 5) is 13.8. The van der Waals surface area contributed by atoms with Crippen molar-refractivity contribution in [2.45, 2.75) is 47.1 Å². The molecule has 1 fully saturated rings. The molecule has 2 atom stereocenters. The molecule has 1 amide bonds. The highest BCUT2D eigenvalue weighted by atomic mass is 16.2. The normalized spacial score (nSPS) is 23.9. The van der Waals surface area contributed by atoms with Gasteiger partial charge in [0, 0.05) is 13.1 Å². The van der Waals surface area contributed by atoms with Crippen LogP contribution in [0, 0.1) is 11.3 Å². The Kier molecular flexibility index (Phi) is 4.36. The van der Waals surface area contributed by atoms with E-state index in [0.717, 1.165) is 25.6 Å². The third-order valence-electron chi connectivity index (χ3n) is 3.83. The van der Waals surface area contributed by atoms with Crippen molar-refractivity contribution in [1.29, 1.82) is 0 Å². The van der Waals surface area contributed by atoms with E-state index in [-0.39, 0.29) is 11.9 Å². The van der Waals surface area contributed by atoms with Gasteiger partial charge in [0.2, 0.25) is 5.91 Å². The molecule has 0 spiro atoms. The van der Waals surface area contributed by atoms with Crippen LogP contribution in [0.1, 0.15) is 41.0 Å². The lowest BCUT2D eigenvalue weighted by Crippen LogP contribution is -2.45. The van der Waals surface area contributed by atoms with Gasteiger partial charge in [0.15, 0.2) is 0 Å². The molecule has 1 aliphatic rings. The molecule has 3 heteroatoms. The molecule has 1 N–H and O–H groups in total. The molecule has 1 saturated carbocycles.